The van der Waals surface area contributed by atoms with Gasteiger partial charge in [-0.05, 0) is 24.9 Å². The molecule has 3 heteroatoms. The molecular weight excluding hydrogens is 152 g/mol. The summed E-state index contributed by atoms with van der Waals surface area (Å²) in [5.74, 6) is 3.21. The molecule has 0 aromatic heterocycles. The van der Waals surface area contributed by atoms with E-state index in [1.165, 1.54) is 12.2 Å². The molecular formula is C6H12OS2. The fraction of sp³-hybridized carbons (Fsp3) is 1.00. The zero-order chi connectivity index (χ0) is 6.74. The lowest BCUT2D eigenvalue weighted by atomic mass is 10.5. The van der Waals surface area contributed by atoms with Gasteiger partial charge in [0.15, 0.2) is 0 Å². The van der Waals surface area contributed by atoms with Crippen molar-refractivity contribution in [1.82, 2.24) is 0 Å². The van der Waals surface area contributed by atoms with E-state index in [1.807, 2.05) is 18.7 Å². The second kappa shape index (κ2) is 3.17. The van der Waals surface area contributed by atoms with E-state index < -0.39 is 4.93 Å². The molecule has 1 aliphatic rings. The predicted molar refractivity (Wildman–Crippen MR) is 45.0 cm³/mol. The maximum atomic E-state index is 9.50. The Morgan fingerprint density at radius 1 is 1.44 bits per heavy atom. The minimum absolute atomic E-state index is 0.457. The molecule has 1 rings (SSSR count). The summed E-state index contributed by atoms with van der Waals surface area (Å²) >= 11 is 3.53. The Kier molecular flexibility index (Phi) is 2.73. The van der Waals surface area contributed by atoms with Gasteiger partial charge in [-0.2, -0.15) is 11.8 Å². The van der Waals surface area contributed by atoms with E-state index in [-0.39, 0.29) is 0 Å². The smallest absolute Gasteiger partial charge is 0.116 e. The number of thioether (sulfide) groups is 2. The first-order valence-corrected chi connectivity index (χ1v) is 5.29. The van der Waals surface area contributed by atoms with Crippen molar-refractivity contribution in [3.63, 3.8) is 0 Å². The molecule has 54 valence electrons. The topological polar surface area (TPSA) is 20.2 Å². The van der Waals surface area contributed by atoms with Crippen molar-refractivity contribution in [2.75, 3.05) is 17.3 Å². The number of hydrogen-bond donors (Lipinski definition) is 1. The Labute approximate surface area is 64.6 Å². The highest BCUT2D eigenvalue weighted by molar-refractivity contribution is 8.04. The molecule has 0 saturated carbocycles. The lowest BCUT2D eigenvalue weighted by Crippen LogP contribution is -2.21. The molecule has 1 N–H and O–H groups in total. The normalized spacial score (nSPS) is 38.0. The van der Waals surface area contributed by atoms with Crippen molar-refractivity contribution in [2.45, 2.75) is 18.3 Å². The van der Waals surface area contributed by atoms with Crippen LogP contribution in [0.3, 0.4) is 0 Å². The van der Waals surface area contributed by atoms with Crippen LogP contribution in [0.15, 0.2) is 0 Å². The molecule has 1 saturated heterocycles. The van der Waals surface area contributed by atoms with E-state index in [4.69, 9.17) is 0 Å². The molecule has 0 bridgehead atoms. The highest BCUT2D eigenvalue weighted by Gasteiger charge is 2.22. The zero-order valence-electron chi connectivity index (χ0n) is 5.59. The van der Waals surface area contributed by atoms with Crippen molar-refractivity contribution < 1.29 is 5.11 Å². The van der Waals surface area contributed by atoms with Crippen LogP contribution in [0.2, 0.25) is 0 Å². The average Bonchev–Trinajstić information content (AvgIpc) is 1.92. The zero-order valence-corrected chi connectivity index (χ0v) is 7.23. The van der Waals surface area contributed by atoms with Crippen LogP contribution in [0.25, 0.3) is 0 Å². The summed E-state index contributed by atoms with van der Waals surface area (Å²) in [7, 11) is 0. The van der Waals surface area contributed by atoms with E-state index in [0.29, 0.717) is 0 Å². The third-order valence-electron chi connectivity index (χ3n) is 1.22. The van der Waals surface area contributed by atoms with Crippen molar-refractivity contribution in [3.8, 4) is 0 Å². The molecule has 1 unspecified atom stereocenters. The van der Waals surface area contributed by atoms with Crippen molar-refractivity contribution in [3.05, 3.63) is 0 Å². The van der Waals surface area contributed by atoms with E-state index in [9.17, 15) is 5.11 Å². The molecule has 0 radical (unpaired) electrons. The summed E-state index contributed by atoms with van der Waals surface area (Å²) < 4.78 is 0. The van der Waals surface area contributed by atoms with Crippen LogP contribution in [0, 0.1) is 0 Å². The van der Waals surface area contributed by atoms with Gasteiger partial charge >= 0.3 is 0 Å². The van der Waals surface area contributed by atoms with E-state index >= 15 is 0 Å². The maximum Gasteiger partial charge on any atom is 0.116 e. The fourth-order valence-electron chi connectivity index (χ4n) is 0.756. The molecule has 1 atom stereocenters. The summed E-state index contributed by atoms with van der Waals surface area (Å²) in [6, 6.07) is 0. The standard InChI is InChI=1S/C6H12OS2/c1-6(7)5-8-3-2-4-9-6/h7H,2-5H2,1H3. The second-order valence-corrected chi connectivity index (χ2v) is 5.11. The van der Waals surface area contributed by atoms with E-state index in [2.05, 4.69) is 0 Å². The van der Waals surface area contributed by atoms with Crippen LogP contribution in [-0.2, 0) is 0 Å². The van der Waals surface area contributed by atoms with Crippen LogP contribution in [0.5, 0.6) is 0 Å². The Hall–Kier alpha value is 0.660. The van der Waals surface area contributed by atoms with Gasteiger partial charge in [0.25, 0.3) is 0 Å². The molecule has 1 fully saturated rings. The third kappa shape index (κ3) is 2.83. The maximum absolute atomic E-state index is 9.50. The van der Waals surface area contributed by atoms with Gasteiger partial charge in [0.05, 0.1) is 0 Å². The second-order valence-electron chi connectivity index (χ2n) is 2.43. The minimum Gasteiger partial charge on any atom is -0.379 e. The first kappa shape index (κ1) is 7.76. The van der Waals surface area contributed by atoms with Gasteiger partial charge in [0.1, 0.15) is 4.93 Å². The molecule has 0 aromatic rings. The van der Waals surface area contributed by atoms with Crippen LogP contribution in [0.1, 0.15) is 13.3 Å². The quantitative estimate of drug-likeness (QED) is 0.587. The van der Waals surface area contributed by atoms with Gasteiger partial charge in [-0.25, -0.2) is 0 Å². The van der Waals surface area contributed by atoms with Crippen LogP contribution in [-0.4, -0.2) is 27.3 Å². The molecule has 1 nitrogen and oxygen atoms in total. The fourth-order valence-corrected chi connectivity index (χ4v) is 3.12. The summed E-state index contributed by atoms with van der Waals surface area (Å²) in [5.41, 5.74) is 0. The predicted octanol–water partition coefficient (Wildman–Crippen LogP) is 1.56. The third-order valence-corrected chi connectivity index (χ3v) is 4.00. The molecule has 0 amide bonds. The molecule has 1 heterocycles. The molecule has 0 aliphatic carbocycles. The summed E-state index contributed by atoms with van der Waals surface area (Å²) in [4.78, 5) is -0.457. The SMILES string of the molecule is CC1(O)CSCCCS1. The number of aliphatic hydroxyl groups is 1. The van der Waals surface area contributed by atoms with Gasteiger partial charge in [-0.3, -0.25) is 0 Å². The Morgan fingerprint density at radius 2 is 2.22 bits per heavy atom. The Bertz CT molecular complexity index is 83.1. The Morgan fingerprint density at radius 3 is 3.00 bits per heavy atom. The number of rotatable bonds is 0. The molecule has 9 heavy (non-hydrogen) atoms. The van der Waals surface area contributed by atoms with Crippen molar-refractivity contribution in [1.29, 1.82) is 0 Å². The summed E-state index contributed by atoms with van der Waals surface area (Å²) in [6.45, 7) is 1.90. The first-order valence-electron chi connectivity index (χ1n) is 3.15. The lowest BCUT2D eigenvalue weighted by Gasteiger charge is -2.18. The Balaban J connectivity index is 2.36. The van der Waals surface area contributed by atoms with Crippen molar-refractivity contribution in [2.24, 2.45) is 0 Å². The number of hydrogen-bond acceptors (Lipinski definition) is 3. The largest absolute Gasteiger partial charge is 0.379 e. The molecule has 0 aromatic carbocycles. The van der Waals surface area contributed by atoms with E-state index in [1.54, 1.807) is 11.8 Å². The van der Waals surface area contributed by atoms with Gasteiger partial charge < -0.3 is 5.11 Å². The van der Waals surface area contributed by atoms with E-state index in [0.717, 1.165) is 11.5 Å². The van der Waals surface area contributed by atoms with Gasteiger partial charge in [-0.1, -0.05) is 0 Å². The van der Waals surface area contributed by atoms with Gasteiger partial charge in [0.2, 0.25) is 0 Å². The monoisotopic (exact) mass is 164 g/mol. The van der Waals surface area contributed by atoms with Crippen molar-refractivity contribution >= 4 is 23.5 Å². The summed E-state index contributed by atoms with van der Waals surface area (Å²) in [6.07, 6.45) is 1.24. The van der Waals surface area contributed by atoms with Crippen LogP contribution < -0.4 is 0 Å². The molecule has 1 aliphatic heterocycles. The highest BCUT2D eigenvalue weighted by atomic mass is 32.2. The van der Waals surface area contributed by atoms with Gasteiger partial charge in [0, 0.05) is 5.75 Å². The van der Waals surface area contributed by atoms with Gasteiger partial charge in [-0.15, -0.1) is 11.8 Å². The van der Waals surface area contributed by atoms with Crippen LogP contribution in [0.4, 0.5) is 0 Å². The highest BCUT2D eigenvalue weighted by Crippen LogP contribution is 2.30. The first-order chi connectivity index (χ1) is 4.21. The average molecular weight is 164 g/mol. The summed E-state index contributed by atoms with van der Waals surface area (Å²) in [5, 5.41) is 9.50. The minimum atomic E-state index is -0.457. The van der Waals surface area contributed by atoms with Crippen LogP contribution >= 0.6 is 23.5 Å². The lowest BCUT2D eigenvalue weighted by molar-refractivity contribution is 0.184. The molecule has 0 spiro atoms.